The molecular weight excluding hydrogens is 149 g/mol. The fraction of sp³-hybridized carbons (Fsp3) is 0. The van der Waals surface area contributed by atoms with E-state index in [1.54, 1.807) is 24.3 Å². The zero-order valence-electron chi connectivity index (χ0n) is 5.63. The van der Waals surface area contributed by atoms with Gasteiger partial charge < -0.3 is 0 Å². The Morgan fingerprint density at radius 3 is 1.75 bits per heavy atom. The molecule has 0 spiro atoms. The van der Waals surface area contributed by atoms with Crippen LogP contribution in [0.2, 0.25) is 0 Å². The molecule has 0 radical (unpaired) electrons. The van der Waals surface area contributed by atoms with Gasteiger partial charge in [-0.1, -0.05) is 12.1 Å². The van der Waals surface area contributed by atoms with Crippen molar-refractivity contribution in [2.24, 2.45) is 0 Å². The Hall–Kier alpha value is -1.04. The second-order valence-electron chi connectivity index (χ2n) is 2.33. The van der Waals surface area contributed by atoms with Crippen molar-refractivity contribution in [1.82, 2.24) is 5.32 Å². The van der Waals surface area contributed by atoms with Gasteiger partial charge in [0.05, 0.1) is 11.1 Å². The first-order chi connectivity index (χ1) is 5.29. The van der Waals surface area contributed by atoms with Crippen LogP contribution in [0.15, 0.2) is 24.3 Å². The maximum atomic E-state index is 10.9. The molecule has 1 N–H and O–H groups in total. The molecule has 56 valence electrons. The molecule has 0 saturated heterocycles. The molecule has 0 fully saturated rings. The molecule has 0 atom stereocenters. The van der Waals surface area contributed by atoms with Crippen LogP contribution in [-0.2, 0) is 0 Å². The minimum atomic E-state index is -0.300. The third kappa shape index (κ3) is 1.18. The standard InChI is InChI=1S/C8H5NO2.Li.H/c10-7-5-3-1-2-4-6(5)8(11)9-7;;/h1-4H,(H,9,10,11);;. The molecule has 4 heteroatoms. The molecule has 0 saturated carbocycles. The molecule has 3 nitrogen and oxygen atoms in total. The van der Waals surface area contributed by atoms with Gasteiger partial charge in [-0.05, 0) is 12.1 Å². The fourth-order valence-corrected chi connectivity index (χ4v) is 1.12. The van der Waals surface area contributed by atoms with Crippen LogP contribution in [0.4, 0.5) is 0 Å². The van der Waals surface area contributed by atoms with Crippen LogP contribution in [0.5, 0.6) is 0 Å². The minimum absolute atomic E-state index is 0. The molecular formula is C8H6LiNO2. The number of nitrogens with one attached hydrogen (secondary N) is 1. The Labute approximate surface area is 81.3 Å². The Morgan fingerprint density at radius 1 is 0.917 bits per heavy atom. The van der Waals surface area contributed by atoms with E-state index in [2.05, 4.69) is 5.32 Å². The van der Waals surface area contributed by atoms with E-state index in [0.717, 1.165) is 0 Å². The number of amides is 2. The van der Waals surface area contributed by atoms with Gasteiger partial charge in [0.2, 0.25) is 0 Å². The Balaban J connectivity index is 0.000000720. The van der Waals surface area contributed by atoms with Gasteiger partial charge in [-0.2, -0.15) is 0 Å². The van der Waals surface area contributed by atoms with E-state index in [0.29, 0.717) is 11.1 Å². The normalized spacial score (nSPS) is 13.3. The molecule has 1 aliphatic heterocycles. The van der Waals surface area contributed by atoms with E-state index < -0.39 is 0 Å². The molecule has 0 bridgehead atoms. The summed E-state index contributed by atoms with van der Waals surface area (Å²) in [4.78, 5) is 21.9. The van der Waals surface area contributed by atoms with E-state index in [4.69, 9.17) is 0 Å². The van der Waals surface area contributed by atoms with Crippen LogP contribution in [-0.4, -0.2) is 30.7 Å². The summed E-state index contributed by atoms with van der Waals surface area (Å²) in [6, 6.07) is 6.74. The van der Waals surface area contributed by atoms with E-state index in [1.807, 2.05) is 0 Å². The second kappa shape index (κ2) is 3.14. The molecule has 0 aromatic heterocycles. The van der Waals surface area contributed by atoms with Gasteiger partial charge in [0.25, 0.3) is 11.8 Å². The number of fused-ring (bicyclic) bond motifs is 1. The van der Waals surface area contributed by atoms with Crippen molar-refractivity contribution in [2.75, 3.05) is 0 Å². The first-order valence-electron chi connectivity index (χ1n) is 3.24. The summed E-state index contributed by atoms with van der Waals surface area (Å²) < 4.78 is 0. The average Bonchev–Trinajstić information content (AvgIpc) is 2.30. The third-order valence-corrected chi connectivity index (χ3v) is 1.64. The summed E-state index contributed by atoms with van der Waals surface area (Å²) in [6.45, 7) is 0. The molecule has 0 unspecified atom stereocenters. The van der Waals surface area contributed by atoms with Gasteiger partial charge in [-0.15, -0.1) is 0 Å². The summed E-state index contributed by atoms with van der Waals surface area (Å²) in [6.07, 6.45) is 0. The van der Waals surface area contributed by atoms with E-state index in [1.165, 1.54) is 0 Å². The molecule has 1 aromatic carbocycles. The van der Waals surface area contributed by atoms with Crippen molar-refractivity contribution >= 4 is 30.7 Å². The van der Waals surface area contributed by atoms with Crippen LogP contribution < -0.4 is 5.32 Å². The topological polar surface area (TPSA) is 46.2 Å². The zero-order valence-corrected chi connectivity index (χ0v) is 5.63. The van der Waals surface area contributed by atoms with Crippen LogP contribution in [0.25, 0.3) is 0 Å². The zero-order chi connectivity index (χ0) is 7.84. The second-order valence-corrected chi connectivity index (χ2v) is 2.33. The Morgan fingerprint density at radius 2 is 1.33 bits per heavy atom. The van der Waals surface area contributed by atoms with Gasteiger partial charge in [0.1, 0.15) is 0 Å². The number of benzene rings is 1. The number of imide groups is 1. The van der Waals surface area contributed by atoms with Crippen molar-refractivity contribution < 1.29 is 9.59 Å². The molecule has 0 aliphatic carbocycles. The summed E-state index contributed by atoms with van der Waals surface area (Å²) in [5, 5.41) is 2.20. The molecule has 1 aromatic rings. The van der Waals surface area contributed by atoms with Gasteiger partial charge in [0, 0.05) is 0 Å². The average molecular weight is 155 g/mol. The first-order valence-corrected chi connectivity index (χ1v) is 3.24. The number of carbonyl (C=O) groups excluding carboxylic acids is 2. The van der Waals surface area contributed by atoms with E-state index in [9.17, 15) is 9.59 Å². The first kappa shape index (κ1) is 9.05. The van der Waals surface area contributed by atoms with Gasteiger partial charge in [-0.3, -0.25) is 14.9 Å². The van der Waals surface area contributed by atoms with Crippen molar-refractivity contribution in [3.8, 4) is 0 Å². The van der Waals surface area contributed by atoms with Crippen LogP contribution in [0.3, 0.4) is 0 Å². The quantitative estimate of drug-likeness (QED) is 0.420. The summed E-state index contributed by atoms with van der Waals surface area (Å²) in [5.41, 5.74) is 0.940. The Bertz CT molecular complexity index is 316. The Kier molecular flexibility index (Phi) is 2.37. The number of hydrogen-bond acceptors (Lipinski definition) is 2. The van der Waals surface area contributed by atoms with Crippen LogP contribution in [0.1, 0.15) is 20.7 Å². The van der Waals surface area contributed by atoms with Crippen molar-refractivity contribution in [2.45, 2.75) is 0 Å². The van der Waals surface area contributed by atoms with Gasteiger partial charge in [0.15, 0.2) is 0 Å². The monoisotopic (exact) mass is 155 g/mol. The predicted molar refractivity (Wildman–Crippen MR) is 45.4 cm³/mol. The summed E-state index contributed by atoms with van der Waals surface area (Å²) >= 11 is 0. The van der Waals surface area contributed by atoms with Crippen molar-refractivity contribution in [3.05, 3.63) is 35.4 Å². The van der Waals surface area contributed by atoms with Crippen LogP contribution >= 0.6 is 0 Å². The molecule has 2 amide bonds. The molecule has 1 heterocycles. The molecule has 1 aliphatic rings. The van der Waals surface area contributed by atoms with Gasteiger partial charge >= 0.3 is 18.9 Å². The summed E-state index contributed by atoms with van der Waals surface area (Å²) in [5.74, 6) is -0.601. The predicted octanol–water partition coefficient (Wildman–Crippen LogP) is -0.0783. The maximum absolute atomic E-state index is 10.9. The SMILES string of the molecule is O=C1NC(=O)c2ccccc21.[LiH]. The van der Waals surface area contributed by atoms with Crippen molar-refractivity contribution in [3.63, 3.8) is 0 Å². The van der Waals surface area contributed by atoms with Crippen LogP contribution in [0, 0.1) is 0 Å². The fourth-order valence-electron chi connectivity index (χ4n) is 1.12. The third-order valence-electron chi connectivity index (χ3n) is 1.64. The summed E-state index contributed by atoms with van der Waals surface area (Å²) in [7, 11) is 0. The number of hydrogen-bond donors (Lipinski definition) is 1. The van der Waals surface area contributed by atoms with Crippen molar-refractivity contribution in [1.29, 1.82) is 0 Å². The number of rotatable bonds is 0. The van der Waals surface area contributed by atoms with E-state index in [-0.39, 0.29) is 30.7 Å². The number of carbonyl (C=O) groups is 2. The molecule has 2 rings (SSSR count). The molecule has 12 heavy (non-hydrogen) atoms. The van der Waals surface area contributed by atoms with Gasteiger partial charge in [-0.25, -0.2) is 0 Å². The van der Waals surface area contributed by atoms with E-state index >= 15 is 0 Å².